The molecule has 1 N–H and O–H groups in total. The van der Waals surface area contributed by atoms with Gasteiger partial charge in [0.05, 0.1) is 12.8 Å². The van der Waals surface area contributed by atoms with Gasteiger partial charge in [-0.1, -0.05) is 28.9 Å². The molecule has 4 aromatic rings. The molecule has 2 aromatic carbocycles. The van der Waals surface area contributed by atoms with Gasteiger partial charge in [-0.05, 0) is 48.5 Å². The first-order valence-corrected chi connectivity index (χ1v) is 9.65. The van der Waals surface area contributed by atoms with E-state index in [0.29, 0.717) is 27.8 Å². The largest absolute Gasteiger partial charge is 0.495 e. The number of halogens is 1. The van der Waals surface area contributed by atoms with Gasteiger partial charge in [-0.15, -0.1) is 0 Å². The van der Waals surface area contributed by atoms with Gasteiger partial charge in [-0.2, -0.15) is 4.98 Å². The maximum Gasteiger partial charge on any atom is 0.263 e. The summed E-state index contributed by atoms with van der Waals surface area (Å²) >= 11 is 5.90. The molecule has 2 aromatic heterocycles. The first kappa shape index (κ1) is 20.4. The molecular formula is C22H17ClN4O4. The molecule has 156 valence electrons. The lowest BCUT2D eigenvalue weighted by Crippen LogP contribution is -2.28. The van der Waals surface area contributed by atoms with Gasteiger partial charge in [0.1, 0.15) is 17.9 Å². The van der Waals surface area contributed by atoms with Crippen LogP contribution in [0.15, 0.2) is 76.2 Å². The van der Waals surface area contributed by atoms with Crippen molar-refractivity contribution in [1.82, 2.24) is 14.7 Å². The molecular weight excluding hydrogens is 420 g/mol. The monoisotopic (exact) mass is 436 g/mol. The summed E-state index contributed by atoms with van der Waals surface area (Å²) in [4.78, 5) is 29.7. The highest BCUT2D eigenvalue weighted by molar-refractivity contribution is 6.30. The number of pyridine rings is 1. The number of methoxy groups -OCH3 is 1. The predicted molar refractivity (Wildman–Crippen MR) is 116 cm³/mol. The minimum Gasteiger partial charge on any atom is -0.495 e. The van der Waals surface area contributed by atoms with Crippen molar-refractivity contribution in [3.8, 4) is 28.6 Å². The Bertz CT molecular complexity index is 1280. The topological polar surface area (TPSA) is 99.2 Å². The van der Waals surface area contributed by atoms with Crippen LogP contribution in [-0.2, 0) is 11.3 Å². The molecule has 31 heavy (non-hydrogen) atoms. The van der Waals surface area contributed by atoms with Crippen molar-refractivity contribution in [1.29, 1.82) is 0 Å². The van der Waals surface area contributed by atoms with E-state index in [2.05, 4.69) is 15.5 Å². The molecule has 4 rings (SSSR count). The molecule has 9 heteroatoms. The molecule has 1 amide bonds. The maximum atomic E-state index is 12.9. The van der Waals surface area contributed by atoms with E-state index in [9.17, 15) is 9.59 Å². The quantitative estimate of drug-likeness (QED) is 0.492. The molecule has 0 saturated carbocycles. The molecule has 0 aliphatic rings. The van der Waals surface area contributed by atoms with Crippen molar-refractivity contribution in [3.05, 3.63) is 82.2 Å². The molecule has 0 spiro atoms. The SMILES string of the molecule is COc1ccccc1NC(=O)Cn1cccc(-c2nc(-c3ccc(Cl)cc3)no2)c1=O. The number of carbonyl (C=O) groups excluding carboxylic acids is 1. The van der Waals surface area contributed by atoms with E-state index in [1.54, 1.807) is 60.7 Å². The Morgan fingerprint density at radius 2 is 1.90 bits per heavy atom. The minimum absolute atomic E-state index is 0.0643. The normalized spacial score (nSPS) is 10.6. The van der Waals surface area contributed by atoms with Gasteiger partial charge in [0, 0.05) is 16.8 Å². The predicted octanol–water partition coefficient (Wildman–Crippen LogP) is 3.87. The van der Waals surface area contributed by atoms with Crippen LogP contribution < -0.4 is 15.6 Å². The summed E-state index contributed by atoms with van der Waals surface area (Å²) in [5.41, 5.74) is 0.986. The van der Waals surface area contributed by atoms with Crippen LogP contribution in [0.25, 0.3) is 22.8 Å². The van der Waals surface area contributed by atoms with Crippen LogP contribution in [0.3, 0.4) is 0 Å². The van der Waals surface area contributed by atoms with E-state index in [4.69, 9.17) is 20.9 Å². The van der Waals surface area contributed by atoms with E-state index in [1.807, 2.05) is 0 Å². The summed E-state index contributed by atoms with van der Waals surface area (Å²) in [7, 11) is 1.52. The standard InChI is InChI=1S/C22H17ClN4O4/c1-30-18-7-3-2-6-17(18)24-19(28)13-27-12-4-5-16(22(27)29)21-25-20(26-31-21)14-8-10-15(23)11-9-14/h2-12H,13H2,1H3,(H,24,28). The van der Waals surface area contributed by atoms with Crippen LogP contribution in [0.2, 0.25) is 5.02 Å². The average molecular weight is 437 g/mol. The minimum atomic E-state index is -0.427. The summed E-state index contributed by atoms with van der Waals surface area (Å²) in [6, 6.07) is 17.2. The molecule has 0 fully saturated rings. The molecule has 0 saturated heterocycles. The summed E-state index contributed by atoms with van der Waals surface area (Å²) in [6.07, 6.45) is 1.52. The van der Waals surface area contributed by atoms with Gasteiger partial charge in [0.25, 0.3) is 11.4 Å². The molecule has 0 unspecified atom stereocenters. The average Bonchev–Trinajstić information content (AvgIpc) is 3.26. The Morgan fingerprint density at radius 1 is 1.13 bits per heavy atom. The zero-order valence-corrected chi connectivity index (χ0v) is 17.2. The van der Waals surface area contributed by atoms with E-state index >= 15 is 0 Å². The Hall–Kier alpha value is -3.91. The number of hydrogen-bond acceptors (Lipinski definition) is 6. The third kappa shape index (κ3) is 4.49. The smallest absolute Gasteiger partial charge is 0.263 e. The molecule has 2 heterocycles. The molecule has 0 atom stereocenters. The summed E-state index contributed by atoms with van der Waals surface area (Å²) in [5.74, 6) is 0.540. The van der Waals surface area contributed by atoms with Crippen LogP contribution in [0.4, 0.5) is 5.69 Å². The second-order valence-electron chi connectivity index (χ2n) is 6.53. The summed E-state index contributed by atoms with van der Waals surface area (Å²) in [6.45, 7) is -0.192. The molecule has 0 aliphatic heterocycles. The third-order valence-corrected chi connectivity index (χ3v) is 4.73. The number of anilines is 1. The molecule has 8 nitrogen and oxygen atoms in total. The van der Waals surface area contributed by atoms with Crippen molar-refractivity contribution in [2.24, 2.45) is 0 Å². The van der Waals surface area contributed by atoms with Crippen molar-refractivity contribution in [3.63, 3.8) is 0 Å². The van der Waals surface area contributed by atoms with Crippen LogP contribution >= 0.6 is 11.6 Å². The number of nitrogens with zero attached hydrogens (tertiary/aromatic N) is 3. The van der Waals surface area contributed by atoms with E-state index in [1.165, 1.54) is 17.9 Å². The number of nitrogens with one attached hydrogen (secondary N) is 1. The number of hydrogen-bond donors (Lipinski definition) is 1. The van der Waals surface area contributed by atoms with Crippen LogP contribution in [0.5, 0.6) is 5.75 Å². The van der Waals surface area contributed by atoms with E-state index in [-0.39, 0.29) is 23.9 Å². The summed E-state index contributed by atoms with van der Waals surface area (Å²) in [5, 5.41) is 7.26. The Labute approximate surface area is 182 Å². The number of para-hydroxylation sites is 2. The second kappa shape index (κ2) is 8.85. The number of ether oxygens (including phenoxy) is 1. The van der Waals surface area contributed by atoms with Crippen molar-refractivity contribution in [2.75, 3.05) is 12.4 Å². The fraction of sp³-hybridized carbons (Fsp3) is 0.0909. The number of carbonyl (C=O) groups is 1. The van der Waals surface area contributed by atoms with Gasteiger partial charge in [-0.3, -0.25) is 9.59 Å². The van der Waals surface area contributed by atoms with E-state index < -0.39 is 5.56 Å². The maximum absolute atomic E-state index is 12.9. The zero-order chi connectivity index (χ0) is 21.8. The number of rotatable bonds is 6. The number of aromatic nitrogens is 3. The van der Waals surface area contributed by atoms with Gasteiger partial charge in [-0.25, -0.2) is 0 Å². The van der Waals surface area contributed by atoms with Crippen LogP contribution in [0, 0.1) is 0 Å². The van der Waals surface area contributed by atoms with E-state index in [0.717, 1.165) is 0 Å². The highest BCUT2D eigenvalue weighted by atomic mass is 35.5. The highest BCUT2D eigenvalue weighted by Gasteiger charge is 2.16. The Morgan fingerprint density at radius 3 is 2.68 bits per heavy atom. The van der Waals surface area contributed by atoms with Crippen molar-refractivity contribution >= 4 is 23.2 Å². The van der Waals surface area contributed by atoms with Crippen LogP contribution in [-0.4, -0.2) is 27.7 Å². The van der Waals surface area contributed by atoms with Crippen LogP contribution in [0.1, 0.15) is 0 Å². The van der Waals surface area contributed by atoms with Gasteiger partial charge >= 0.3 is 0 Å². The Kier molecular flexibility index (Phi) is 5.81. The second-order valence-corrected chi connectivity index (χ2v) is 6.97. The lowest BCUT2D eigenvalue weighted by atomic mass is 10.2. The Balaban J connectivity index is 1.55. The molecule has 0 bridgehead atoms. The number of benzene rings is 2. The number of amides is 1. The van der Waals surface area contributed by atoms with Gasteiger partial charge < -0.3 is 19.1 Å². The lowest BCUT2D eigenvalue weighted by molar-refractivity contribution is -0.116. The molecule has 0 aliphatic carbocycles. The van der Waals surface area contributed by atoms with Gasteiger partial charge in [0.2, 0.25) is 11.7 Å². The first-order chi connectivity index (χ1) is 15.0. The van der Waals surface area contributed by atoms with Gasteiger partial charge in [0.15, 0.2) is 0 Å². The first-order valence-electron chi connectivity index (χ1n) is 9.27. The zero-order valence-electron chi connectivity index (χ0n) is 16.4. The summed E-state index contributed by atoms with van der Waals surface area (Å²) < 4.78 is 11.8. The lowest BCUT2D eigenvalue weighted by Gasteiger charge is -2.11. The highest BCUT2D eigenvalue weighted by Crippen LogP contribution is 2.23. The van der Waals surface area contributed by atoms with Crippen molar-refractivity contribution in [2.45, 2.75) is 6.54 Å². The fourth-order valence-corrected chi connectivity index (χ4v) is 3.09. The third-order valence-electron chi connectivity index (χ3n) is 4.47. The molecule has 0 radical (unpaired) electrons. The fourth-order valence-electron chi connectivity index (χ4n) is 2.97. The van der Waals surface area contributed by atoms with Crippen molar-refractivity contribution < 1.29 is 14.1 Å².